The van der Waals surface area contributed by atoms with E-state index in [9.17, 15) is 0 Å². The van der Waals surface area contributed by atoms with E-state index >= 15 is 0 Å². The molecule has 1 aliphatic rings. The first-order valence-electron chi connectivity index (χ1n) is 8.12. The third-order valence-electron chi connectivity index (χ3n) is 4.59. The molecule has 23 heavy (non-hydrogen) atoms. The van der Waals surface area contributed by atoms with E-state index in [-0.39, 0.29) is 10.9 Å². The lowest BCUT2D eigenvalue weighted by Crippen LogP contribution is -2.17. The van der Waals surface area contributed by atoms with Crippen LogP contribution < -0.4 is 0 Å². The molecule has 1 heteroatoms. The minimum atomic E-state index is 0.0112. The van der Waals surface area contributed by atoms with Gasteiger partial charge in [0.05, 0.1) is 10.9 Å². The Balaban J connectivity index is 2.02. The zero-order chi connectivity index (χ0) is 16.0. The maximum absolute atomic E-state index is 2.41. The fourth-order valence-corrected chi connectivity index (χ4v) is 6.15. The number of rotatable bonds is 1. The second-order valence-electron chi connectivity index (χ2n) is 6.47. The van der Waals surface area contributed by atoms with Crippen LogP contribution in [-0.4, -0.2) is 0 Å². The van der Waals surface area contributed by atoms with Crippen LogP contribution in [0.1, 0.15) is 27.8 Å². The number of hydrogen-bond acceptors (Lipinski definition) is 0. The molecule has 1 unspecified atom stereocenters. The van der Waals surface area contributed by atoms with E-state index in [0.717, 1.165) is 6.42 Å². The summed E-state index contributed by atoms with van der Waals surface area (Å²) in [5, 5.41) is 0. The van der Waals surface area contributed by atoms with Crippen LogP contribution in [0.15, 0.2) is 75.4 Å². The second-order valence-corrected chi connectivity index (χ2v) is 8.43. The molecule has 0 amide bonds. The summed E-state index contributed by atoms with van der Waals surface area (Å²) in [6, 6.07) is 22.7. The van der Waals surface area contributed by atoms with Gasteiger partial charge < -0.3 is 0 Å². The van der Waals surface area contributed by atoms with Crippen molar-refractivity contribution in [1.29, 1.82) is 0 Å². The average Bonchev–Trinajstić information content (AvgIpc) is 2.54. The molecule has 0 aliphatic carbocycles. The quantitative estimate of drug-likeness (QED) is 0.400. The van der Waals surface area contributed by atoms with Gasteiger partial charge in [-0.2, -0.15) is 0 Å². The first kappa shape index (κ1) is 14.6. The highest BCUT2D eigenvalue weighted by Gasteiger charge is 2.38. The smallest absolute Gasteiger partial charge is 0.0619 e. The minimum absolute atomic E-state index is 0.0112. The third-order valence-corrected chi connectivity index (χ3v) is 6.95. The third kappa shape index (κ3) is 2.49. The van der Waals surface area contributed by atoms with Gasteiger partial charge in [0.1, 0.15) is 0 Å². The highest BCUT2D eigenvalue weighted by Crippen LogP contribution is 2.42. The van der Waals surface area contributed by atoms with Crippen molar-refractivity contribution in [3.05, 3.63) is 88.5 Å². The van der Waals surface area contributed by atoms with Crippen molar-refractivity contribution in [3.63, 3.8) is 0 Å². The Bertz CT molecular complexity index is 878. The lowest BCUT2D eigenvalue weighted by Gasteiger charge is -2.22. The van der Waals surface area contributed by atoms with Gasteiger partial charge in [-0.1, -0.05) is 36.4 Å². The molecule has 0 N–H and O–H groups in total. The lowest BCUT2D eigenvalue weighted by atomic mass is 9.97. The molecule has 4 rings (SSSR count). The molecule has 0 saturated heterocycles. The van der Waals surface area contributed by atoms with Gasteiger partial charge in [0.2, 0.25) is 0 Å². The van der Waals surface area contributed by atoms with Crippen molar-refractivity contribution < 1.29 is 0 Å². The summed E-state index contributed by atoms with van der Waals surface area (Å²) in [5.74, 6) is 0. The number of aryl methyl sites for hydroxylation is 3. The van der Waals surface area contributed by atoms with Crippen molar-refractivity contribution in [2.45, 2.75) is 41.9 Å². The lowest BCUT2D eigenvalue weighted by molar-refractivity contribution is 1.01. The fourth-order valence-electron chi connectivity index (χ4n) is 3.48. The Morgan fingerprint density at radius 2 is 1.48 bits per heavy atom. The van der Waals surface area contributed by atoms with E-state index < -0.39 is 0 Å². The van der Waals surface area contributed by atoms with Crippen LogP contribution in [0.4, 0.5) is 0 Å². The second kappa shape index (κ2) is 5.58. The zero-order valence-electron chi connectivity index (χ0n) is 13.9. The minimum Gasteiger partial charge on any atom is -0.0619 e. The normalized spacial score (nSPS) is 15.9. The van der Waals surface area contributed by atoms with Crippen LogP contribution in [0.3, 0.4) is 0 Å². The standard InChI is InChI=1S/C22H21S/c1-15-9-10-18-14-20-17(3)11-16(2)13-22(20)23(21(18)12-15)19-7-5-4-6-8-19/h4-13H,14H2,1-3H3/q+1. The van der Waals surface area contributed by atoms with E-state index in [2.05, 4.69) is 81.4 Å². The molecular weight excluding hydrogens is 296 g/mol. The van der Waals surface area contributed by atoms with Crippen LogP contribution in [0.25, 0.3) is 0 Å². The van der Waals surface area contributed by atoms with E-state index in [0.29, 0.717) is 0 Å². The Hall–Kier alpha value is -1.99. The molecule has 3 aromatic rings. The van der Waals surface area contributed by atoms with Gasteiger partial charge in [-0.15, -0.1) is 0 Å². The molecule has 0 aromatic heterocycles. The molecule has 1 atom stereocenters. The summed E-state index contributed by atoms with van der Waals surface area (Å²) in [6.45, 7) is 6.67. The van der Waals surface area contributed by atoms with Gasteiger partial charge in [0.15, 0.2) is 14.7 Å². The van der Waals surface area contributed by atoms with Crippen molar-refractivity contribution in [1.82, 2.24) is 0 Å². The van der Waals surface area contributed by atoms with Gasteiger partial charge in [-0.25, -0.2) is 0 Å². The van der Waals surface area contributed by atoms with Crippen molar-refractivity contribution in [3.8, 4) is 0 Å². The predicted octanol–water partition coefficient (Wildman–Crippen LogP) is 5.61. The van der Waals surface area contributed by atoms with Crippen LogP contribution in [0.5, 0.6) is 0 Å². The Kier molecular flexibility index (Phi) is 3.54. The van der Waals surface area contributed by atoms with Crippen LogP contribution in [0, 0.1) is 20.8 Å². The first-order valence-corrected chi connectivity index (χ1v) is 9.35. The summed E-state index contributed by atoms with van der Waals surface area (Å²) < 4.78 is 0. The van der Waals surface area contributed by atoms with Gasteiger partial charge in [-0.3, -0.25) is 0 Å². The molecule has 114 valence electrons. The van der Waals surface area contributed by atoms with E-state index in [1.54, 1.807) is 0 Å². The van der Waals surface area contributed by atoms with E-state index in [1.807, 2.05) is 0 Å². The predicted molar refractivity (Wildman–Crippen MR) is 98.5 cm³/mol. The van der Waals surface area contributed by atoms with Gasteiger partial charge in [0.25, 0.3) is 0 Å². The molecule has 0 bridgehead atoms. The van der Waals surface area contributed by atoms with E-state index in [1.165, 1.54) is 42.5 Å². The summed E-state index contributed by atoms with van der Waals surface area (Å²) >= 11 is 0. The molecule has 3 aromatic carbocycles. The fraction of sp³-hybridized carbons (Fsp3) is 0.182. The molecule has 0 fully saturated rings. The van der Waals surface area contributed by atoms with Gasteiger partial charge in [-0.05, 0) is 61.7 Å². The summed E-state index contributed by atoms with van der Waals surface area (Å²) in [7, 11) is 0.0112. The topological polar surface area (TPSA) is 0 Å². The molecular formula is C22H21S+. The summed E-state index contributed by atoms with van der Waals surface area (Å²) in [4.78, 5) is 4.45. The molecule has 0 spiro atoms. The molecule has 0 radical (unpaired) electrons. The number of fused-ring (bicyclic) bond motifs is 2. The maximum atomic E-state index is 2.41. The van der Waals surface area contributed by atoms with Crippen molar-refractivity contribution in [2.24, 2.45) is 0 Å². The van der Waals surface area contributed by atoms with Gasteiger partial charge >= 0.3 is 0 Å². The van der Waals surface area contributed by atoms with Crippen LogP contribution in [0.2, 0.25) is 0 Å². The monoisotopic (exact) mass is 317 g/mol. The zero-order valence-corrected chi connectivity index (χ0v) is 14.7. The highest BCUT2D eigenvalue weighted by molar-refractivity contribution is 7.97. The highest BCUT2D eigenvalue weighted by atomic mass is 32.2. The molecule has 1 heterocycles. The van der Waals surface area contributed by atoms with Crippen molar-refractivity contribution >= 4 is 10.9 Å². The summed E-state index contributed by atoms with van der Waals surface area (Å²) in [5.41, 5.74) is 7.16. The van der Waals surface area contributed by atoms with Crippen LogP contribution >= 0.6 is 0 Å². The number of hydrogen-bond donors (Lipinski definition) is 0. The van der Waals surface area contributed by atoms with Gasteiger partial charge in [0, 0.05) is 17.5 Å². The number of benzene rings is 3. The van der Waals surface area contributed by atoms with E-state index in [4.69, 9.17) is 0 Å². The van der Waals surface area contributed by atoms with Crippen LogP contribution in [-0.2, 0) is 17.3 Å². The SMILES string of the molecule is Cc1ccc2c(c1)[S+](c1ccccc1)c1cc(C)cc(C)c1C2. The Morgan fingerprint density at radius 1 is 0.739 bits per heavy atom. The first-order chi connectivity index (χ1) is 11.1. The Morgan fingerprint density at radius 3 is 2.26 bits per heavy atom. The Labute approximate surface area is 141 Å². The molecule has 0 saturated carbocycles. The van der Waals surface area contributed by atoms with Crippen molar-refractivity contribution in [2.75, 3.05) is 0 Å². The molecule has 1 aliphatic heterocycles. The summed E-state index contributed by atoms with van der Waals surface area (Å²) in [6.07, 6.45) is 1.06. The average molecular weight is 317 g/mol. The maximum Gasteiger partial charge on any atom is 0.170 e. The molecule has 0 nitrogen and oxygen atoms in total. The largest absolute Gasteiger partial charge is 0.170 e.